The first-order valence-electron chi connectivity index (χ1n) is 6.22. The van der Waals surface area contributed by atoms with E-state index in [0.717, 1.165) is 19.3 Å². The number of hydrogen-bond donors (Lipinski definition) is 0. The van der Waals surface area contributed by atoms with Crippen LogP contribution in [0.3, 0.4) is 0 Å². The van der Waals surface area contributed by atoms with Crippen molar-refractivity contribution in [2.75, 3.05) is 0 Å². The molecule has 0 unspecified atom stereocenters. The van der Waals surface area contributed by atoms with E-state index in [4.69, 9.17) is 0 Å². The Morgan fingerprint density at radius 1 is 1.19 bits per heavy atom. The van der Waals surface area contributed by atoms with Crippen molar-refractivity contribution in [2.24, 2.45) is 0 Å². The molecule has 0 N–H and O–H groups in total. The fourth-order valence-electron chi connectivity index (χ4n) is 1.71. The maximum Gasteiger partial charge on any atom is 0.171 e. The van der Waals surface area contributed by atoms with Gasteiger partial charge in [0, 0.05) is 6.54 Å². The van der Waals surface area contributed by atoms with Crippen LogP contribution < -0.4 is 0 Å². The van der Waals surface area contributed by atoms with Gasteiger partial charge < -0.3 is 0 Å². The van der Waals surface area contributed by atoms with Crippen molar-refractivity contribution >= 4 is 6.29 Å². The van der Waals surface area contributed by atoms with Crippen molar-refractivity contribution < 1.29 is 4.79 Å². The summed E-state index contributed by atoms with van der Waals surface area (Å²) in [5.41, 5.74) is 0.419. The molecule has 4 heteroatoms. The largest absolute Gasteiger partial charge is 0.296 e. The fourth-order valence-corrected chi connectivity index (χ4v) is 1.71. The van der Waals surface area contributed by atoms with Gasteiger partial charge >= 0.3 is 0 Å². The molecule has 0 spiro atoms. The van der Waals surface area contributed by atoms with E-state index >= 15 is 0 Å². The van der Waals surface area contributed by atoms with Gasteiger partial charge in [-0.3, -0.25) is 9.48 Å². The second-order valence-corrected chi connectivity index (χ2v) is 4.15. The van der Waals surface area contributed by atoms with Crippen molar-refractivity contribution in [3.63, 3.8) is 0 Å². The minimum absolute atomic E-state index is 0.419. The van der Waals surface area contributed by atoms with Crippen LogP contribution >= 0.6 is 0 Å². The Kier molecular flexibility index (Phi) is 6.45. The van der Waals surface area contributed by atoms with Crippen LogP contribution in [0, 0.1) is 0 Å². The van der Waals surface area contributed by atoms with Gasteiger partial charge in [0.25, 0.3) is 0 Å². The average molecular weight is 223 g/mol. The maximum absolute atomic E-state index is 10.4. The number of rotatable bonds is 9. The van der Waals surface area contributed by atoms with Crippen LogP contribution in [0.5, 0.6) is 0 Å². The monoisotopic (exact) mass is 223 g/mol. The molecule has 16 heavy (non-hydrogen) atoms. The summed E-state index contributed by atoms with van der Waals surface area (Å²) in [6, 6.07) is 0. The van der Waals surface area contributed by atoms with Gasteiger partial charge in [0.15, 0.2) is 6.29 Å². The molecule has 0 atom stereocenters. The summed E-state index contributed by atoms with van der Waals surface area (Å²) in [6.07, 6.45) is 11.4. The van der Waals surface area contributed by atoms with Gasteiger partial charge in [0.05, 0.1) is 6.20 Å². The molecule has 1 heterocycles. The lowest BCUT2D eigenvalue weighted by Crippen LogP contribution is -1.98. The lowest BCUT2D eigenvalue weighted by Gasteiger charge is -2.01. The number of carbonyl (C=O) groups is 1. The molecule has 90 valence electrons. The lowest BCUT2D eigenvalue weighted by atomic mass is 10.1. The number of aldehydes is 1. The summed E-state index contributed by atoms with van der Waals surface area (Å²) in [5.74, 6) is 0. The number of nitrogens with zero attached hydrogens (tertiary/aromatic N) is 3. The van der Waals surface area contributed by atoms with Crippen molar-refractivity contribution in [3.8, 4) is 0 Å². The van der Waals surface area contributed by atoms with E-state index in [1.54, 1.807) is 10.9 Å². The molecular formula is C12H21N3O. The predicted molar refractivity (Wildman–Crippen MR) is 63.4 cm³/mol. The van der Waals surface area contributed by atoms with Crippen LogP contribution in [-0.2, 0) is 6.54 Å². The van der Waals surface area contributed by atoms with Crippen molar-refractivity contribution in [1.29, 1.82) is 0 Å². The maximum atomic E-state index is 10.4. The number of unbranched alkanes of at least 4 members (excludes halogenated alkanes) is 6. The topological polar surface area (TPSA) is 47.8 Å². The first-order chi connectivity index (χ1) is 7.86. The van der Waals surface area contributed by atoms with Crippen molar-refractivity contribution in [1.82, 2.24) is 15.0 Å². The van der Waals surface area contributed by atoms with Crippen molar-refractivity contribution in [2.45, 2.75) is 58.4 Å². The van der Waals surface area contributed by atoms with Crippen LogP contribution in [-0.4, -0.2) is 21.3 Å². The first kappa shape index (κ1) is 12.9. The van der Waals surface area contributed by atoms with E-state index in [1.165, 1.54) is 38.5 Å². The number of hydrogen-bond acceptors (Lipinski definition) is 3. The Balaban J connectivity index is 2.00. The molecule has 1 rings (SSSR count). The van der Waals surface area contributed by atoms with Gasteiger partial charge in [-0.1, -0.05) is 50.7 Å². The molecule has 0 aromatic carbocycles. The predicted octanol–water partition coefficient (Wildman–Crippen LogP) is 2.84. The highest BCUT2D eigenvalue weighted by atomic mass is 16.1. The Bertz CT molecular complexity index is 296. The molecule has 0 saturated carbocycles. The third-order valence-corrected chi connectivity index (χ3v) is 2.67. The fraction of sp³-hybridized carbons (Fsp3) is 0.750. The molecule has 0 aliphatic carbocycles. The summed E-state index contributed by atoms with van der Waals surface area (Å²) in [6.45, 7) is 3.10. The summed E-state index contributed by atoms with van der Waals surface area (Å²) in [4.78, 5) is 10.4. The minimum Gasteiger partial charge on any atom is -0.296 e. The standard InChI is InChI=1S/C12H21N3O/c1-2-3-4-5-6-7-8-9-15-10-12(11-16)13-14-15/h10-11H,2-9H2,1H3. The molecule has 1 aromatic heterocycles. The van der Waals surface area contributed by atoms with E-state index in [-0.39, 0.29) is 0 Å². The van der Waals surface area contributed by atoms with Crippen LogP contribution in [0.1, 0.15) is 62.4 Å². The highest BCUT2D eigenvalue weighted by Crippen LogP contribution is 2.07. The van der Waals surface area contributed by atoms with Crippen LogP contribution in [0.25, 0.3) is 0 Å². The Hall–Kier alpha value is -1.19. The van der Waals surface area contributed by atoms with Crippen molar-refractivity contribution in [3.05, 3.63) is 11.9 Å². The van der Waals surface area contributed by atoms with E-state index in [2.05, 4.69) is 17.2 Å². The Morgan fingerprint density at radius 2 is 1.88 bits per heavy atom. The van der Waals surface area contributed by atoms with Crippen LogP contribution in [0.4, 0.5) is 0 Å². The summed E-state index contributed by atoms with van der Waals surface area (Å²) in [5, 5.41) is 7.59. The third kappa shape index (κ3) is 5.05. The Morgan fingerprint density at radius 3 is 2.50 bits per heavy atom. The van der Waals surface area contributed by atoms with E-state index in [1.807, 2.05) is 0 Å². The van der Waals surface area contributed by atoms with Gasteiger partial charge in [-0.2, -0.15) is 0 Å². The smallest absolute Gasteiger partial charge is 0.171 e. The quantitative estimate of drug-likeness (QED) is 0.477. The minimum atomic E-state index is 0.419. The normalized spacial score (nSPS) is 10.6. The number of aryl methyl sites for hydroxylation is 1. The average Bonchev–Trinajstić information content (AvgIpc) is 2.76. The third-order valence-electron chi connectivity index (χ3n) is 2.67. The second-order valence-electron chi connectivity index (χ2n) is 4.15. The summed E-state index contributed by atoms with van der Waals surface area (Å²) in [7, 11) is 0. The second kappa shape index (κ2) is 8.02. The molecule has 1 aromatic rings. The number of carbonyl (C=O) groups excluding carboxylic acids is 1. The van der Waals surface area contributed by atoms with Gasteiger partial charge in [0.2, 0.25) is 0 Å². The zero-order valence-electron chi connectivity index (χ0n) is 10.1. The van der Waals surface area contributed by atoms with Gasteiger partial charge in [-0.05, 0) is 6.42 Å². The lowest BCUT2D eigenvalue weighted by molar-refractivity contribution is 0.111. The first-order valence-corrected chi connectivity index (χ1v) is 6.22. The zero-order valence-corrected chi connectivity index (χ0v) is 10.1. The van der Waals surface area contributed by atoms with Crippen LogP contribution in [0.15, 0.2) is 6.20 Å². The van der Waals surface area contributed by atoms with Gasteiger partial charge in [0.1, 0.15) is 5.69 Å². The van der Waals surface area contributed by atoms with Crippen LogP contribution in [0.2, 0.25) is 0 Å². The summed E-state index contributed by atoms with van der Waals surface area (Å²) >= 11 is 0. The molecule has 0 radical (unpaired) electrons. The molecule has 0 bridgehead atoms. The molecule has 0 amide bonds. The highest BCUT2D eigenvalue weighted by molar-refractivity contribution is 5.70. The molecule has 0 fully saturated rings. The number of aromatic nitrogens is 3. The molecular weight excluding hydrogens is 202 g/mol. The van der Waals surface area contributed by atoms with E-state index < -0.39 is 0 Å². The zero-order chi connectivity index (χ0) is 11.6. The molecule has 0 saturated heterocycles. The van der Waals surface area contributed by atoms with E-state index in [9.17, 15) is 4.79 Å². The SMILES string of the molecule is CCCCCCCCCn1cc(C=O)nn1. The highest BCUT2D eigenvalue weighted by Gasteiger charge is 1.98. The summed E-state index contributed by atoms with van der Waals surface area (Å²) < 4.78 is 1.75. The molecule has 0 aliphatic rings. The molecule has 0 aliphatic heterocycles. The molecule has 4 nitrogen and oxygen atoms in total. The van der Waals surface area contributed by atoms with Gasteiger partial charge in [-0.25, -0.2) is 0 Å². The van der Waals surface area contributed by atoms with E-state index in [0.29, 0.717) is 5.69 Å². The van der Waals surface area contributed by atoms with Gasteiger partial charge in [-0.15, -0.1) is 5.10 Å². The Labute approximate surface area is 97.0 Å².